The second-order valence-electron chi connectivity index (χ2n) is 4.35. The fraction of sp³-hybridized carbons (Fsp3) is 0.357. The average Bonchev–Trinajstić information content (AvgIpc) is 2.81. The van der Waals surface area contributed by atoms with Gasteiger partial charge in [0, 0.05) is 17.8 Å². The van der Waals surface area contributed by atoms with E-state index in [9.17, 15) is 8.78 Å². The molecule has 2 aromatic rings. The molecule has 3 nitrogen and oxygen atoms in total. The van der Waals surface area contributed by atoms with E-state index in [-0.39, 0.29) is 11.8 Å². The molecule has 0 aliphatic rings. The molecule has 2 rings (SSSR count). The molecule has 0 radical (unpaired) electrons. The van der Waals surface area contributed by atoms with Crippen LogP contribution in [0.15, 0.2) is 29.6 Å². The van der Waals surface area contributed by atoms with E-state index in [1.54, 1.807) is 23.5 Å². The first kappa shape index (κ1) is 14.9. The Morgan fingerprint density at radius 2 is 2.20 bits per heavy atom. The molecule has 1 heterocycles. The van der Waals surface area contributed by atoms with E-state index in [0.29, 0.717) is 6.42 Å². The van der Waals surface area contributed by atoms with Crippen LogP contribution >= 0.6 is 11.3 Å². The predicted molar refractivity (Wildman–Crippen MR) is 75.4 cm³/mol. The highest BCUT2D eigenvalue weighted by molar-refractivity contribution is 7.09. The molecule has 1 aromatic heterocycles. The van der Waals surface area contributed by atoms with Crippen LogP contribution in [0.5, 0.6) is 5.75 Å². The summed E-state index contributed by atoms with van der Waals surface area (Å²) in [6, 6.07) is 6.77. The maximum absolute atomic E-state index is 12.2. The molecule has 0 aliphatic heterocycles. The van der Waals surface area contributed by atoms with Crippen LogP contribution in [0.1, 0.15) is 22.3 Å². The molecule has 1 aromatic carbocycles. The molecule has 6 heteroatoms. The van der Waals surface area contributed by atoms with E-state index < -0.39 is 6.61 Å². The number of alkyl halides is 2. The zero-order valence-electron chi connectivity index (χ0n) is 11.3. The van der Waals surface area contributed by atoms with Gasteiger partial charge in [-0.1, -0.05) is 12.1 Å². The minimum Gasteiger partial charge on any atom is -0.435 e. The van der Waals surface area contributed by atoms with Gasteiger partial charge in [-0.2, -0.15) is 8.78 Å². The Morgan fingerprint density at radius 1 is 1.40 bits per heavy atom. The SMILES string of the molecule is CNC(Cc1csc(C)n1)c1cccc(OC(F)F)c1. The summed E-state index contributed by atoms with van der Waals surface area (Å²) in [5, 5.41) is 6.21. The van der Waals surface area contributed by atoms with Crippen LogP contribution < -0.4 is 10.1 Å². The first-order valence-corrected chi connectivity index (χ1v) is 7.09. The van der Waals surface area contributed by atoms with Crippen LogP contribution in [0, 0.1) is 6.92 Å². The summed E-state index contributed by atoms with van der Waals surface area (Å²) in [4.78, 5) is 4.42. The summed E-state index contributed by atoms with van der Waals surface area (Å²) in [6.07, 6.45) is 0.707. The van der Waals surface area contributed by atoms with Gasteiger partial charge in [-0.3, -0.25) is 0 Å². The Balaban J connectivity index is 2.14. The quantitative estimate of drug-likeness (QED) is 0.885. The van der Waals surface area contributed by atoms with E-state index in [1.165, 1.54) is 6.07 Å². The fourth-order valence-corrected chi connectivity index (χ4v) is 2.63. The number of hydrogen-bond acceptors (Lipinski definition) is 4. The zero-order valence-corrected chi connectivity index (χ0v) is 12.1. The molecule has 1 atom stereocenters. The Morgan fingerprint density at radius 3 is 2.80 bits per heavy atom. The van der Waals surface area contributed by atoms with Crippen molar-refractivity contribution >= 4 is 11.3 Å². The number of hydrogen-bond donors (Lipinski definition) is 1. The molecule has 0 amide bonds. The van der Waals surface area contributed by atoms with Crippen LogP contribution in [0.2, 0.25) is 0 Å². The van der Waals surface area contributed by atoms with Gasteiger partial charge in [-0.05, 0) is 31.7 Å². The number of aryl methyl sites for hydroxylation is 1. The second-order valence-corrected chi connectivity index (χ2v) is 5.42. The van der Waals surface area contributed by atoms with E-state index in [0.717, 1.165) is 16.3 Å². The minimum atomic E-state index is -2.81. The summed E-state index contributed by atoms with van der Waals surface area (Å²) < 4.78 is 28.9. The first-order valence-electron chi connectivity index (χ1n) is 6.21. The van der Waals surface area contributed by atoms with E-state index >= 15 is 0 Å². The largest absolute Gasteiger partial charge is 0.435 e. The lowest BCUT2D eigenvalue weighted by Crippen LogP contribution is -2.19. The standard InChI is InChI=1S/C14H16F2N2OS/c1-9-18-11(8-20-9)7-13(17-2)10-4-3-5-12(6-10)19-14(15)16/h3-6,8,13-14,17H,7H2,1-2H3. The van der Waals surface area contributed by atoms with Gasteiger partial charge in [0.25, 0.3) is 0 Å². The summed E-state index contributed by atoms with van der Waals surface area (Å²) in [5.74, 6) is 0.173. The highest BCUT2D eigenvalue weighted by Crippen LogP contribution is 2.24. The van der Waals surface area contributed by atoms with Crippen LogP contribution in [0.4, 0.5) is 8.78 Å². The van der Waals surface area contributed by atoms with Crippen LogP contribution in [-0.4, -0.2) is 18.6 Å². The monoisotopic (exact) mass is 298 g/mol. The number of rotatable bonds is 6. The molecule has 0 saturated carbocycles. The van der Waals surface area contributed by atoms with Crippen LogP contribution in [-0.2, 0) is 6.42 Å². The van der Waals surface area contributed by atoms with Crippen LogP contribution in [0.25, 0.3) is 0 Å². The molecular weight excluding hydrogens is 282 g/mol. The molecule has 1 N–H and O–H groups in total. The molecule has 1 unspecified atom stereocenters. The third kappa shape index (κ3) is 3.98. The number of likely N-dealkylation sites (N-methyl/N-ethyl adjacent to an activating group) is 1. The Bertz CT molecular complexity index is 560. The van der Waals surface area contributed by atoms with Gasteiger partial charge in [-0.25, -0.2) is 4.98 Å². The van der Waals surface area contributed by atoms with Crippen molar-refractivity contribution in [3.63, 3.8) is 0 Å². The van der Waals surface area contributed by atoms with Crippen molar-refractivity contribution in [1.82, 2.24) is 10.3 Å². The normalized spacial score (nSPS) is 12.7. The topological polar surface area (TPSA) is 34.2 Å². The Labute approximate surface area is 120 Å². The highest BCUT2D eigenvalue weighted by Gasteiger charge is 2.13. The number of benzene rings is 1. The highest BCUT2D eigenvalue weighted by atomic mass is 32.1. The van der Waals surface area contributed by atoms with Gasteiger partial charge in [0.2, 0.25) is 0 Å². The maximum atomic E-state index is 12.2. The van der Waals surface area contributed by atoms with Crippen molar-refractivity contribution < 1.29 is 13.5 Å². The number of aromatic nitrogens is 1. The number of halogens is 2. The molecule has 0 aliphatic carbocycles. The van der Waals surface area contributed by atoms with Crippen molar-refractivity contribution in [2.24, 2.45) is 0 Å². The van der Waals surface area contributed by atoms with E-state index in [1.807, 2.05) is 25.4 Å². The van der Waals surface area contributed by atoms with E-state index in [4.69, 9.17) is 0 Å². The Hall–Kier alpha value is -1.53. The van der Waals surface area contributed by atoms with Gasteiger partial charge >= 0.3 is 6.61 Å². The summed E-state index contributed by atoms with van der Waals surface area (Å²) in [5.41, 5.74) is 1.89. The van der Waals surface area contributed by atoms with Crippen molar-refractivity contribution in [3.8, 4) is 5.75 Å². The van der Waals surface area contributed by atoms with Gasteiger partial charge < -0.3 is 10.1 Å². The zero-order chi connectivity index (χ0) is 14.5. The molecule has 20 heavy (non-hydrogen) atoms. The molecule has 0 bridgehead atoms. The van der Waals surface area contributed by atoms with Gasteiger partial charge in [0.05, 0.1) is 10.7 Å². The predicted octanol–water partition coefficient (Wildman–Crippen LogP) is 3.56. The van der Waals surface area contributed by atoms with Crippen molar-refractivity contribution in [2.75, 3.05) is 7.05 Å². The third-order valence-corrected chi connectivity index (χ3v) is 3.74. The second kappa shape index (κ2) is 6.76. The van der Waals surface area contributed by atoms with Gasteiger partial charge in [-0.15, -0.1) is 11.3 Å². The minimum absolute atomic E-state index is 0.0118. The lowest BCUT2D eigenvalue weighted by atomic mass is 10.0. The summed E-state index contributed by atoms with van der Waals surface area (Å²) in [7, 11) is 1.84. The number of thiazole rings is 1. The van der Waals surface area contributed by atoms with Crippen molar-refractivity contribution in [3.05, 3.63) is 45.9 Å². The number of nitrogens with one attached hydrogen (secondary N) is 1. The molecule has 0 spiro atoms. The fourth-order valence-electron chi connectivity index (χ4n) is 2.01. The Kier molecular flexibility index (Phi) is 5.03. The molecular formula is C14H16F2N2OS. The first-order chi connectivity index (χ1) is 9.58. The molecule has 108 valence electrons. The molecule has 0 fully saturated rings. The summed E-state index contributed by atoms with van der Waals surface area (Å²) >= 11 is 1.60. The van der Waals surface area contributed by atoms with Crippen molar-refractivity contribution in [1.29, 1.82) is 0 Å². The van der Waals surface area contributed by atoms with Gasteiger partial charge in [0.15, 0.2) is 0 Å². The number of nitrogens with zero attached hydrogens (tertiary/aromatic N) is 1. The lowest BCUT2D eigenvalue weighted by molar-refractivity contribution is -0.0499. The van der Waals surface area contributed by atoms with Crippen LogP contribution in [0.3, 0.4) is 0 Å². The number of ether oxygens (including phenoxy) is 1. The lowest BCUT2D eigenvalue weighted by Gasteiger charge is -2.16. The summed E-state index contributed by atoms with van der Waals surface area (Å²) in [6.45, 7) is -0.848. The van der Waals surface area contributed by atoms with Gasteiger partial charge in [0.1, 0.15) is 5.75 Å². The van der Waals surface area contributed by atoms with Crippen molar-refractivity contribution in [2.45, 2.75) is 26.0 Å². The molecule has 0 saturated heterocycles. The smallest absolute Gasteiger partial charge is 0.387 e. The third-order valence-electron chi connectivity index (χ3n) is 2.91. The van der Waals surface area contributed by atoms with E-state index in [2.05, 4.69) is 15.0 Å². The maximum Gasteiger partial charge on any atom is 0.387 e. The average molecular weight is 298 g/mol.